The highest BCUT2D eigenvalue weighted by molar-refractivity contribution is 7.59. The normalized spacial score (nSPS) is 22.1. The zero-order valence-corrected chi connectivity index (χ0v) is 20.4. The monoisotopic (exact) mass is 424 g/mol. The third-order valence-corrected chi connectivity index (χ3v) is 11.2. The van der Waals surface area contributed by atoms with E-state index in [0.29, 0.717) is 0 Å². The van der Waals surface area contributed by atoms with Gasteiger partial charge in [-0.05, 0) is 44.9 Å². The van der Waals surface area contributed by atoms with Crippen LogP contribution in [0.4, 0.5) is 0 Å². The molecule has 0 spiro atoms. The van der Waals surface area contributed by atoms with Crippen molar-refractivity contribution < 1.29 is 0 Å². The zero-order chi connectivity index (χ0) is 20.2. The fourth-order valence-electron chi connectivity index (χ4n) is 5.52. The summed E-state index contributed by atoms with van der Waals surface area (Å²) in [5.41, 5.74) is 0. The molecular weight excluding hydrogens is 375 g/mol. The van der Waals surface area contributed by atoms with Gasteiger partial charge in [0, 0.05) is 45.8 Å². The maximum atomic E-state index is 5.66. The molecule has 3 saturated heterocycles. The van der Waals surface area contributed by atoms with E-state index < -0.39 is 7.51 Å². The summed E-state index contributed by atoms with van der Waals surface area (Å²) in [5, 5.41) is 0. The van der Waals surface area contributed by atoms with Crippen LogP contribution in [-0.4, -0.2) is 59.8 Å². The maximum absolute atomic E-state index is 5.66. The van der Waals surface area contributed by atoms with Crippen molar-refractivity contribution in [1.82, 2.24) is 14.0 Å². The number of nitrogens with zero attached hydrogens (tertiary/aromatic N) is 4. The van der Waals surface area contributed by atoms with Crippen LogP contribution in [0, 0.1) is 0 Å². The number of hydrogen-bond donors (Lipinski definition) is 0. The third-order valence-electron chi connectivity index (χ3n) is 7.19. The van der Waals surface area contributed by atoms with Crippen LogP contribution in [0.2, 0.25) is 0 Å². The first-order valence-electron chi connectivity index (χ1n) is 13.2. The summed E-state index contributed by atoms with van der Waals surface area (Å²) < 4.78 is 14.2. The molecule has 0 aromatic heterocycles. The fraction of sp³-hybridized carbons (Fsp3) is 1.00. The smallest absolute Gasteiger partial charge is 0.167 e. The summed E-state index contributed by atoms with van der Waals surface area (Å²) in [6, 6.07) is 0. The molecular formula is C24H49N4P. The van der Waals surface area contributed by atoms with Gasteiger partial charge < -0.3 is 0 Å². The Morgan fingerprint density at radius 1 is 0.517 bits per heavy atom. The van der Waals surface area contributed by atoms with Crippen molar-refractivity contribution >= 4 is 7.51 Å². The van der Waals surface area contributed by atoms with E-state index >= 15 is 0 Å². The first kappa shape index (κ1) is 23.8. The molecule has 0 unspecified atom stereocenters. The number of unbranched alkanes of at least 4 members (excludes halogenated alkanes) is 9. The number of hydrogen-bond acceptors (Lipinski definition) is 1. The van der Waals surface area contributed by atoms with Crippen LogP contribution in [0.15, 0.2) is 4.74 Å². The molecule has 4 nitrogen and oxygen atoms in total. The zero-order valence-electron chi connectivity index (χ0n) is 19.5. The SMILES string of the molecule is CCCCCCCCCCCCN=P(N1CCCC1)(N1CCCC1)N1CCCC1. The minimum atomic E-state index is -1.59. The van der Waals surface area contributed by atoms with Crippen LogP contribution in [0.25, 0.3) is 0 Å². The summed E-state index contributed by atoms with van der Waals surface area (Å²) in [6.07, 6.45) is 22.5. The first-order chi connectivity index (χ1) is 14.4. The van der Waals surface area contributed by atoms with E-state index in [-0.39, 0.29) is 0 Å². The molecule has 3 aliphatic heterocycles. The van der Waals surface area contributed by atoms with E-state index in [4.69, 9.17) is 4.74 Å². The average molecular weight is 425 g/mol. The molecule has 3 fully saturated rings. The van der Waals surface area contributed by atoms with Gasteiger partial charge in [-0.25, -0.2) is 14.0 Å². The van der Waals surface area contributed by atoms with E-state index in [1.807, 2.05) is 0 Å². The molecule has 0 aromatic carbocycles. The van der Waals surface area contributed by atoms with E-state index in [9.17, 15) is 0 Å². The van der Waals surface area contributed by atoms with Gasteiger partial charge in [0.2, 0.25) is 0 Å². The second-order valence-electron chi connectivity index (χ2n) is 9.57. The summed E-state index contributed by atoms with van der Waals surface area (Å²) in [6.45, 7) is 11.2. The Kier molecular flexibility index (Phi) is 11.1. The van der Waals surface area contributed by atoms with E-state index in [2.05, 4.69) is 20.9 Å². The van der Waals surface area contributed by atoms with Gasteiger partial charge in [-0.1, -0.05) is 64.7 Å². The molecule has 0 aliphatic carbocycles. The van der Waals surface area contributed by atoms with Gasteiger partial charge in [0.25, 0.3) is 0 Å². The molecule has 170 valence electrons. The van der Waals surface area contributed by atoms with Crippen molar-refractivity contribution in [3.8, 4) is 0 Å². The highest BCUT2D eigenvalue weighted by Crippen LogP contribution is 2.62. The lowest BCUT2D eigenvalue weighted by Crippen LogP contribution is -2.38. The van der Waals surface area contributed by atoms with Gasteiger partial charge in [0.1, 0.15) is 0 Å². The van der Waals surface area contributed by atoms with Gasteiger partial charge in [-0.3, -0.25) is 4.74 Å². The lowest BCUT2D eigenvalue weighted by molar-refractivity contribution is 0.381. The van der Waals surface area contributed by atoms with Crippen LogP contribution in [0.1, 0.15) is 110 Å². The molecule has 0 atom stereocenters. The predicted octanol–water partition coefficient (Wildman–Crippen LogP) is 7.14. The Labute approximate surface area is 182 Å². The van der Waals surface area contributed by atoms with Gasteiger partial charge in [0.05, 0.1) is 0 Å². The molecule has 0 N–H and O–H groups in total. The van der Waals surface area contributed by atoms with Gasteiger partial charge in [-0.15, -0.1) is 0 Å². The Balaban J connectivity index is 1.49. The number of rotatable bonds is 14. The van der Waals surface area contributed by atoms with Crippen LogP contribution < -0.4 is 0 Å². The molecule has 3 heterocycles. The second kappa shape index (κ2) is 13.5. The molecule has 5 heteroatoms. The molecule has 0 amide bonds. The molecule has 3 rings (SSSR count). The molecule has 0 saturated carbocycles. The van der Waals surface area contributed by atoms with Crippen molar-refractivity contribution in [2.75, 3.05) is 45.8 Å². The van der Waals surface area contributed by atoms with E-state index in [1.54, 1.807) is 0 Å². The standard InChI is InChI=1S/C24H49N4P/c1-2-3-4-5-6-7-8-9-10-11-18-25-29(26-19-12-13-20-26,27-21-14-15-22-27)28-23-16-17-24-28/h2-24H2,1H3. The quantitative estimate of drug-likeness (QED) is 0.218. The molecule has 0 radical (unpaired) electrons. The minimum Gasteiger partial charge on any atom is -0.261 e. The van der Waals surface area contributed by atoms with Crippen LogP contribution in [0.3, 0.4) is 0 Å². The maximum Gasteiger partial charge on any atom is 0.167 e. The molecule has 0 bridgehead atoms. The van der Waals surface area contributed by atoms with E-state index in [0.717, 1.165) is 6.54 Å². The highest BCUT2D eigenvalue weighted by Gasteiger charge is 2.42. The lowest BCUT2D eigenvalue weighted by Gasteiger charge is -2.46. The minimum absolute atomic E-state index is 1.10. The van der Waals surface area contributed by atoms with Gasteiger partial charge >= 0.3 is 0 Å². The van der Waals surface area contributed by atoms with Crippen LogP contribution in [0.5, 0.6) is 0 Å². The Morgan fingerprint density at radius 3 is 1.24 bits per heavy atom. The van der Waals surface area contributed by atoms with Crippen molar-refractivity contribution in [3.63, 3.8) is 0 Å². The average Bonchev–Trinajstić information content (AvgIpc) is 3.53. The van der Waals surface area contributed by atoms with Crippen molar-refractivity contribution in [2.24, 2.45) is 4.74 Å². The molecule has 0 aromatic rings. The Morgan fingerprint density at radius 2 is 0.862 bits per heavy atom. The Bertz CT molecular complexity index is 430. The molecule has 29 heavy (non-hydrogen) atoms. The Hall–Kier alpha value is 0.110. The summed E-state index contributed by atoms with van der Waals surface area (Å²) in [5.74, 6) is 0. The molecule has 3 aliphatic rings. The second-order valence-corrected chi connectivity index (χ2v) is 12.6. The predicted molar refractivity (Wildman–Crippen MR) is 128 cm³/mol. The van der Waals surface area contributed by atoms with Crippen molar-refractivity contribution in [1.29, 1.82) is 0 Å². The summed E-state index contributed by atoms with van der Waals surface area (Å²) in [7, 11) is -1.59. The fourth-order valence-corrected chi connectivity index (χ4v) is 9.99. The van der Waals surface area contributed by atoms with Gasteiger partial charge in [0.15, 0.2) is 7.51 Å². The van der Waals surface area contributed by atoms with Crippen LogP contribution in [-0.2, 0) is 0 Å². The largest absolute Gasteiger partial charge is 0.261 e. The summed E-state index contributed by atoms with van der Waals surface area (Å²) >= 11 is 0. The first-order valence-corrected chi connectivity index (χ1v) is 14.8. The van der Waals surface area contributed by atoms with Crippen LogP contribution >= 0.6 is 7.51 Å². The summed E-state index contributed by atoms with van der Waals surface area (Å²) in [4.78, 5) is 0. The highest BCUT2D eigenvalue weighted by atomic mass is 31.2. The van der Waals surface area contributed by atoms with Gasteiger partial charge in [-0.2, -0.15) is 0 Å². The lowest BCUT2D eigenvalue weighted by atomic mass is 10.1. The van der Waals surface area contributed by atoms with Crippen molar-refractivity contribution in [2.45, 2.75) is 110 Å². The third kappa shape index (κ3) is 6.79. The topological polar surface area (TPSA) is 22.1 Å². The van der Waals surface area contributed by atoms with E-state index in [1.165, 1.54) is 142 Å². The van der Waals surface area contributed by atoms with Crippen molar-refractivity contribution in [3.05, 3.63) is 0 Å².